The maximum atomic E-state index is 6.10. The van der Waals surface area contributed by atoms with Crippen LogP contribution in [-0.4, -0.2) is 15.8 Å². The standard InChI is InChI=1S/C21H20N2O4/c1-11-5-7-15-13(9-11)22-19(24-15)17-18(27-21(3,4)26-17)20-23-14-10-12(2)6-8-16(14)25-20/h5-10,17-18H,1-4H3/t17-,18-/m1/s1. The first kappa shape index (κ1) is 16.5. The second-order valence-electron chi connectivity index (χ2n) is 7.52. The molecule has 0 saturated carbocycles. The van der Waals surface area contributed by atoms with Gasteiger partial charge >= 0.3 is 0 Å². The first-order valence-electron chi connectivity index (χ1n) is 8.98. The van der Waals surface area contributed by atoms with Crippen molar-refractivity contribution in [3.05, 3.63) is 59.3 Å². The van der Waals surface area contributed by atoms with Crippen molar-refractivity contribution in [2.24, 2.45) is 0 Å². The quantitative estimate of drug-likeness (QED) is 0.490. The van der Waals surface area contributed by atoms with Crippen molar-refractivity contribution < 1.29 is 18.3 Å². The molecule has 5 rings (SSSR count). The van der Waals surface area contributed by atoms with Crippen molar-refractivity contribution in [2.45, 2.75) is 45.7 Å². The number of oxazole rings is 2. The summed E-state index contributed by atoms with van der Waals surface area (Å²) in [6, 6.07) is 11.8. The molecule has 0 spiro atoms. The summed E-state index contributed by atoms with van der Waals surface area (Å²) in [5.41, 5.74) is 5.27. The Morgan fingerprint density at radius 1 is 0.741 bits per heavy atom. The summed E-state index contributed by atoms with van der Waals surface area (Å²) in [5, 5.41) is 0. The Balaban J connectivity index is 1.59. The highest BCUT2D eigenvalue weighted by atomic mass is 16.8. The lowest BCUT2D eigenvalue weighted by molar-refractivity contribution is -0.150. The van der Waals surface area contributed by atoms with Crippen LogP contribution in [0.3, 0.4) is 0 Å². The molecule has 27 heavy (non-hydrogen) atoms. The Labute approximate surface area is 156 Å². The predicted octanol–water partition coefficient (Wildman–Crippen LogP) is 5.15. The van der Waals surface area contributed by atoms with Crippen molar-refractivity contribution in [3.8, 4) is 0 Å². The molecule has 1 aliphatic rings. The highest BCUT2D eigenvalue weighted by molar-refractivity contribution is 5.74. The van der Waals surface area contributed by atoms with Crippen LogP contribution in [0.4, 0.5) is 0 Å². The number of hydrogen-bond acceptors (Lipinski definition) is 6. The van der Waals surface area contributed by atoms with Crippen molar-refractivity contribution in [1.82, 2.24) is 9.97 Å². The van der Waals surface area contributed by atoms with Gasteiger partial charge in [-0.2, -0.15) is 0 Å². The van der Waals surface area contributed by atoms with Crippen LogP contribution in [0, 0.1) is 13.8 Å². The molecule has 4 aromatic rings. The summed E-state index contributed by atoms with van der Waals surface area (Å²) in [5.74, 6) is 0.122. The van der Waals surface area contributed by atoms with Crippen LogP contribution in [0.2, 0.25) is 0 Å². The highest BCUT2D eigenvalue weighted by Gasteiger charge is 2.48. The van der Waals surface area contributed by atoms with Crippen LogP contribution >= 0.6 is 0 Å². The van der Waals surface area contributed by atoms with Crippen LogP contribution in [0.5, 0.6) is 0 Å². The van der Waals surface area contributed by atoms with E-state index in [1.165, 1.54) is 0 Å². The number of nitrogens with zero attached hydrogens (tertiary/aromatic N) is 2. The Morgan fingerprint density at radius 3 is 1.63 bits per heavy atom. The zero-order valence-corrected chi connectivity index (χ0v) is 15.6. The monoisotopic (exact) mass is 364 g/mol. The summed E-state index contributed by atoms with van der Waals surface area (Å²) in [6.45, 7) is 7.77. The van der Waals surface area contributed by atoms with Crippen LogP contribution in [0.1, 0.15) is 49.0 Å². The Kier molecular flexibility index (Phi) is 3.44. The normalized spacial score (nSPS) is 22.1. The maximum Gasteiger partial charge on any atom is 0.228 e. The average Bonchev–Trinajstić information content (AvgIpc) is 3.27. The van der Waals surface area contributed by atoms with E-state index in [1.807, 2.05) is 64.1 Å². The number of hydrogen-bond donors (Lipinski definition) is 0. The Hall–Kier alpha value is -2.70. The second-order valence-corrected chi connectivity index (χ2v) is 7.52. The number of ether oxygens (including phenoxy) is 2. The van der Waals surface area contributed by atoms with Crippen molar-refractivity contribution >= 4 is 22.2 Å². The zero-order valence-electron chi connectivity index (χ0n) is 15.6. The molecule has 3 heterocycles. The average molecular weight is 364 g/mol. The van der Waals surface area contributed by atoms with Crippen LogP contribution in [0.15, 0.2) is 45.2 Å². The van der Waals surface area contributed by atoms with Gasteiger partial charge in [-0.3, -0.25) is 0 Å². The van der Waals surface area contributed by atoms with E-state index in [0.29, 0.717) is 11.8 Å². The molecule has 0 unspecified atom stereocenters. The van der Waals surface area contributed by atoms with Crippen LogP contribution in [-0.2, 0) is 9.47 Å². The van der Waals surface area contributed by atoms with E-state index >= 15 is 0 Å². The lowest BCUT2D eigenvalue weighted by atomic mass is 10.2. The molecule has 1 saturated heterocycles. The molecule has 0 radical (unpaired) electrons. The van der Waals surface area contributed by atoms with Gasteiger partial charge in [0.1, 0.15) is 11.0 Å². The molecule has 2 aromatic heterocycles. The van der Waals surface area contributed by atoms with E-state index in [0.717, 1.165) is 33.3 Å². The minimum absolute atomic E-state index is 0.463. The van der Waals surface area contributed by atoms with Gasteiger partial charge in [0.15, 0.2) is 29.2 Å². The zero-order chi connectivity index (χ0) is 18.8. The van der Waals surface area contributed by atoms with Gasteiger partial charge in [-0.1, -0.05) is 12.1 Å². The van der Waals surface area contributed by atoms with Crippen molar-refractivity contribution in [3.63, 3.8) is 0 Å². The summed E-state index contributed by atoms with van der Waals surface area (Å²) < 4.78 is 24.1. The molecule has 0 amide bonds. The molecule has 0 aliphatic carbocycles. The third kappa shape index (κ3) is 2.81. The molecular formula is C21H20N2O4. The van der Waals surface area contributed by atoms with E-state index in [1.54, 1.807) is 0 Å². The fourth-order valence-corrected chi connectivity index (χ4v) is 3.48. The van der Waals surface area contributed by atoms with Gasteiger partial charge in [-0.25, -0.2) is 9.97 Å². The lowest BCUT2D eigenvalue weighted by Gasteiger charge is -2.15. The molecule has 6 nitrogen and oxygen atoms in total. The van der Waals surface area contributed by atoms with Gasteiger partial charge in [-0.15, -0.1) is 0 Å². The maximum absolute atomic E-state index is 6.10. The van der Waals surface area contributed by atoms with Crippen molar-refractivity contribution in [1.29, 1.82) is 0 Å². The van der Waals surface area contributed by atoms with Crippen LogP contribution in [0.25, 0.3) is 22.2 Å². The van der Waals surface area contributed by atoms with Gasteiger partial charge < -0.3 is 18.3 Å². The van der Waals surface area contributed by atoms with Gasteiger partial charge in [0, 0.05) is 0 Å². The number of benzene rings is 2. The molecule has 2 aromatic carbocycles. The van der Waals surface area contributed by atoms with Gasteiger partial charge in [0.2, 0.25) is 11.8 Å². The van der Waals surface area contributed by atoms with Crippen molar-refractivity contribution in [2.75, 3.05) is 0 Å². The Bertz CT molecular complexity index is 1070. The number of aromatic nitrogens is 2. The van der Waals surface area contributed by atoms with Gasteiger partial charge in [0.05, 0.1) is 0 Å². The van der Waals surface area contributed by atoms with E-state index in [-0.39, 0.29) is 0 Å². The first-order chi connectivity index (χ1) is 12.9. The molecule has 6 heteroatoms. The highest BCUT2D eigenvalue weighted by Crippen LogP contribution is 2.47. The molecule has 0 bridgehead atoms. The summed E-state index contributed by atoms with van der Waals surface area (Å²) in [7, 11) is 0. The van der Waals surface area contributed by atoms with E-state index < -0.39 is 18.0 Å². The predicted molar refractivity (Wildman–Crippen MR) is 99.2 cm³/mol. The fraction of sp³-hybridized carbons (Fsp3) is 0.333. The van der Waals surface area contributed by atoms with E-state index in [2.05, 4.69) is 9.97 Å². The molecule has 0 N–H and O–H groups in total. The summed E-state index contributed by atoms with van der Waals surface area (Å²) in [6.07, 6.45) is -1.08. The molecule has 2 atom stereocenters. The lowest BCUT2D eigenvalue weighted by Crippen LogP contribution is -2.20. The van der Waals surface area contributed by atoms with Crippen LogP contribution < -0.4 is 0 Å². The minimum Gasteiger partial charge on any atom is -0.438 e. The second kappa shape index (κ2) is 5.65. The fourth-order valence-electron chi connectivity index (χ4n) is 3.48. The molecule has 1 aliphatic heterocycles. The van der Waals surface area contributed by atoms with Gasteiger partial charge in [-0.05, 0) is 63.1 Å². The molecule has 1 fully saturated rings. The Morgan fingerprint density at radius 2 is 1.19 bits per heavy atom. The topological polar surface area (TPSA) is 70.5 Å². The largest absolute Gasteiger partial charge is 0.438 e. The number of fused-ring (bicyclic) bond motifs is 2. The smallest absolute Gasteiger partial charge is 0.228 e. The first-order valence-corrected chi connectivity index (χ1v) is 8.98. The van der Waals surface area contributed by atoms with Gasteiger partial charge in [0.25, 0.3) is 0 Å². The number of rotatable bonds is 2. The molecular weight excluding hydrogens is 344 g/mol. The minimum atomic E-state index is -0.803. The summed E-state index contributed by atoms with van der Waals surface area (Å²) in [4.78, 5) is 9.25. The van der Waals surface area contributed by atoms with E-state index in [4.69, 9.17) is 18.3 Å². The number of aryl methyl sites for hydroxylation is 2. The summed E-state index contributed by atoms with van der Waals surface area (Å²) >= 11 is 0. The van der Waals surface area contributed by atoms with E-state index in [9.17, 15) is 0 Å². The third-order valence-electron chi connectivity index (χ3n) is 4.70. The third-order valence-corrected chi connectivity index (χ3v) is 4.70. The molecule has 138 valence electrons. The SMILES string of the molecule is Cc1ccc2oc([C@@H]3OC(C)(C)O[C@H]3c3nc4cc(C)ccc4o3)nc2c1.